The van der Waals surface area contributed by atoms with Gasteiger partial charge in [-0.1, -0.05) is 31.9 Å². The van der Waals surface area contributed by atoms with Gasteiger partial charge in [-0.05, 0) is 44.9 Å². The van der Waals surface area contributed by atoms with E-state index in [4.69, 9.17) is 5.73 Å². The van der Waals surface area contributed by atoms with Gasteiger partial charge in [0.05, 0.1) is 10.9 Å². The Kier molecular flexibility index (Phi) is 7.79. The van der Waals surface area contributed by atoms with Crippen LogP contribution in [0, 0.1) is 0 Å². The Labute approximate surface area is 159 Å². The van der Waals surface area contributed by atoms with Crippen LogP contribution in [0.2, 0.25) is 0 Å². The molecule has 1 heterocycles. The molecule has 0 bridgehead atoms. The van der Waals surface area contributed by atoms with E-state index in [-0.39, 0.29) is 11.5 Å². The lowest BCUT2D eigenvalue weighted by Gasteiger charge is -2.19. The maximum absolute atomic E-state index is 12.9. The molecule has 0 radical (unpaired) electrons. The smallest absolute Gasteiger partial charge is 0.332 e. The summed E-state index contributed by atoms with van der Waals surface area (Å²) in [5, 5.41) is 3.35. The summed E-state index contributed by atoms with van der Waals surface area (Å²) >= 11 is 0. The number of aromatic nitrogens is 2. The summed E-state index contributed by atoms with van der Waals surface area (Å²) < 4.78 is 2.65. The molecule has 0 spiro atoms. The average molecular weight is 374 g/mol. The third-order valence-electron chi connectivity index (χ3n) is 4.72. The van der Waals surface area contributed by atoms with Crippen LogP contribution in [-0.4, -0.2) is 28.1 Å². The summed E-state index contributed by atoms with van der Waals surface area (Å²) in [6.07, 6.45) is 4.59. The van der Waals surface area contributed by atoms with Crippen LogP contribution in [-0.2, 0) is 11.3 Å². The first-order valence-corrected chi connectivity index (χ1v) is 9.74. The summed E-state index contributed by atoms with van der Waals surface area (Å²) in [6.45, 7) is 5.18. The number of hydrogen-bond acceptors (Lipinski definition) is 4. The van der Waals surface area contributed by atoms with Crippen molar-refractivity contribution in [2.75, 3.05) is 13.1 Å². The summed E-state index contributed by atoms with van der Waals surface area (Å²) in [5.41, 5.74) is 5.22. The fraction of sp³-hybridized carbons (Fsp3) is 0.550. The first kappa shape index (κ1) is 20.9. The molecule has 0 aliphatic heterocycles. The molecular weight excluding hydrogens is 344 g/mol. The summed E-state index contributed by atoms with van der Waals surface area (Å²) in [7, 11) is 0. The maximum Gasteiger partial charge on any atom is 0.332 e. The second kappa shape index (κ2) is 10.1. The van der Waals surface area contributed by atoms with Gasteiger partial charge in [-0.15, -0.1) is 0 Å². The largest absolute Gasteiger partial charge is 0.354 e. The van der Waals surface area contributed by atoms with E-state index in [1.54, 1.807) is 31.2 Å². The summed E-state index contributed by atoms with van der Waals surface area (Å²) in [4.78, 5) is 38.1. The van der Waals surface area contributed by atoms with Crippen LogP contribution in [0.25, 0.3) is 10.9 Å². The van der Waals surface area contributed by atoms with E-state index in [2.05, 4.69) is 5.32 Å². The van der Waals surface area contributed by atoms with Gasteiger partial charge in [0.2, 0.25) is 5.91 Å². The van der Waals surface area contributed by atoms with Crippen LogP contribution in [0.5, 0.6) is 0 Å². The molecule has 2 rings (SSSR count). The van der Waals surface area contributed by atoms with Gasteiger partial charge in [0.1, 0.15) is 6.04 Å². The fourth-order valence-corrected chi connectivity index (χ4v) is 3.22. The molecule has 0 aliphatic carbocycles. The van der Waals surface area contributed by atoms with Crippen molar-refractivity contribution in [1.82, 2.24) is 14.5 Å². The highest BCUT2D eigenvalue weighted by Gasteiger charge is 2.21. The van der Waals surface area contributed by atoms with E-state index < -0.39 is 11.7 Å². The topological polar surface area (TPSA) is 99.1 Å². The number of amides is 1. The Hall–Kier alpha value is -2.41. The monoisotopic (exact) mass is 374 g/mol. The van der Waals surface area contributed by atoms with E-state index >= 15 is 0 Å². The maximum atomic E-state index is 12.9. The Balaban J connectivity index is 2.27. The van der Waals surface area contributed by atoms with Crippen molar-refractivity contribution in [3.05, 3.63) is 45.1 Å². The van der Waals surface area contributed by atoms with Crippen molar-refractivity contribution in [3.63, 3.8) is 0 Å². The Morgan fingerprint density at radius 3 is 2.56 bits per heavy atom. The van der Waals surface area contributed by atoms with Gasteiger partial charge < -0.3 is 11.1 Å². The molecule has 0 aliphatic rings. The zero-order chi connectivity index (χ0) is 19.8. The highest BCUT2D eigenvalue weighted by Crippen LogP contribution is 2.13. The summed E-state index contributed by atoms with van der Waals surface area (Å²) in [6, 6.07) is 6.24. The number of benzene rings is 1. The normalized spacial score (nSPS) is 12.3. The zero-order valence-corrected chi connectivity index (χ0v) is 16.2. The van der Waals surface area contributed by atoms with E-state index in [0.717, 1.165) is 25.7 Å². The molecule has 0 saturated heterocycles. The van der Waals surface area contributed by atoms with Crippen molar-refractivity contribution in [2.24, 2.45) is 5.73 Å². The standard InChI is InChI=1S/C20H30N4O3/c1-3-14-23-19(26)16-10-6-7-11-17(16)24(20(23)27)15(2)18(25)22-13-9-5-4-8-12-21/h6-7,10-11,15H,3-5,8-9,12-14,21H2,1-2H3,(H,22,25). The molecule has 1 aromatic heterocycles. The minimum absolute atomic E-state index is 0.220. The molecule has 1 unspecified atom stereocenters. The SMILES string of the molecule is CCCn1c(=O)c2ccccc2n(C(C)C(=O)NCCCCCCN)c1=O. The van der Waals surface area contributed by atoms with Crippen molar-refractivity contribution in [2.45, 2.75) is 58.5 Å². The van der Waals surface area contributed by atoms with Gasteiger partial charge in [0, 0.05) is 13.1 Å². The van der Waals surface area contributed by atoms with E-state index in [1.807, 2.05) is 6.92 Å². The quantitative estimate of drug-likeness (QED) is 0.619. The van der Waals surface area contributed by atoms with Crippen molar-refractivity contribution < 1.29 is 4.79 Å². The van der Waals surface area contributed by atoms with E-state index in [0.29, 0.717) is 37.0 Å². The molecule has 0 saturated carbocycles. The molecule has 3 N–H and O–H groups in total. The van der Waals surface area contributed by atoms with Crippen LogP contribution in [0.4, 0.5) is 0 Å². The minimum Gasteiger partial charge on any atom is -0.354 e. The third kappa shape index (κ3) is 4.86. The molecule has 1 aromatic carbocycles. The number of carbonyl (C=O) groups is 1. The first-order chi connectivity index (χ1) is 13.0. The third-order valence-corrected chi connectivity index (χ3v) is 4.72. The lowest BCUT2D eigenvalue weighted by Crippen LogP contribution is -2.44. The van der Waals surface area contributed by atoms with Gasteiger partial charge in [-0.25, -0.2) is 4.79 Å². The number of nitrogens with one attached hydrogen (secondary N) is 1. The van der Waals surface area contributed by atoms with Crippen molar-refractivity contribution in [3.8, 4) is 0 Å². The second-order valence-corrected chi connectivity index (χ2v) is 6.80. The molecule has 7 nitrogen and oxygen atoms in total. The van der Waals surface area contributed by atoms with E-state index in [9.17, 15) is 14.4 Å². The molecule has 1 amide bonds. The fourth-order valence-electron chi connectivity index (χ4n) is 3.22. The molecule has 7 heteroatoms. The average Bonchev–Trinajstić information content (AvgIpc) is 2.67. The Morgan fingerprint density at radius 1 is 1.15 bits per heavy atom. The molecule has 0 fully saturated rings. The van der Waals surface area contributed by atoms with Gasteiger partial charge in [-0.2, -0.15) is 0 Å². The van der Waals surface area contributed by atoms with Crippen LogP contribution >= 0.6 is 0 Å². The molecule has 2 aromatic rings. The van der Waals surface area contributed by atoms with Gasteiger partial charge >= 0.3 is 5.69 Å². The number of nitrogens with two attached hydrogens (primary N) is 1. The predicted octanol–water partition coefficient (Wildman–Crippen LogP) is 1.77. The van der Waals surface area contributed by atoms with Crippen LogP contribution < -0.4 is 22.3 Å². The van der Waals surface area contributed by atoms with Crippen molar-refractivity contribution in [1.29, 1.82) is 0 Å². The Bertz CT molecular complexity index is 885. The number of nitrogens with zero attached hydrogens (tertiary/aromatic N) is 2. The lowest BCUT2D eigenvalue weighted by atomic mass is 10.2. The Morgan fingerprint density at radius 2 is 1.85 bits per heavy atom. The van der Waals surface area contributed by atoms with Gasteiger partial charge in [-0.3, -0.25) is 18.7 Å². The number of rotatable bonds is 10. The highest BCUT2D eigenvalue weighted by atomic mass is 16.2. The van der Waals surface area contributed by atoms with E-state index in [1.165, 1.54) is 9.13 Å². The molecule has 1 atom stereocenters. The van der Waals surface area contributed by atoms with Crippen molar-refractivity contribution >= 4 is 16.8 Å². The van der Waals surface area contributed by atoms with Crippen LogP contribution in [0.15, 0.2) is 33.9 Å². The second-order valence-electron chi connectivity index (χ2n) is 6.80. The van der Waals surface area contributed by atoms with Gasteiger partial charge in [0.15, 0.2) is 0 Å². The first-order valence-electron chi connectivity index (χ1n) is 9.74. The highest BCUT2D eigenvalue weighted by molar-refractivity contribution is 5.84. The van der Waals surface area contributed by atoms with Crippen LogP contribution in [0.1, 0.15) is 52.0 Å². The van der Waals surface area contributed by atoms with Gasteiger partial charge in [0.25, 0.3) is 5.56 Å². The lowest BCUT2D eigenvalue weighted by molar-refractivity contribution is -0.123. The zero-order valence-electron chi connectivity index (χ0n) is 16.2. The molecule has 148 valence electrons. The number of unbranched alkanes of at least 4 members (excludes halogenated alkanes) is 3. The molecule has 27 heavy (non-hydrogen) atoms. The number of hydrogen-bond donors (Lipinski definition) is 2. The summed E-state index contributed by atoms with van der Waals surface area (Å²) in [5.74, 6) is -0.220. The number of para-hydroxylation sites is 1. The van der Waals surface area contributed by atoms with Crippen LogP contribution in [0.3, 0.4) is 0 Å². The number of fused-ring (bicyclic) bond motifs is 1. The predicted molar refractivity (Wildman–Crippen MR) is 108 cm³/mol. The molecular formula is C20H30N4O3. The minimum atomic E-state index is -0.699. The number of carbonyl (C=O) groups excluding carboxylic acids is 1.